The molecule has 0 amide bonds. The standard InChI is InChI=1S/C14H28N2/c1-12-5-8-16-13(9-12)10-15-11-14(2)6-3-4-7-14/h12-13,15-16H,3-11H2,1-2H3. The molecule has 2 fully saturated rings. The molecule has 2 heteroatoms. The van der Waals surface area contributed by atoms with Crippen molar-refractivity contribution in [2.45, 2.75) is 58.4 Å². The highest BCUT2D eigenvalue weighted by Gasteiger charge is 2.28. The van der Waals surface area contributed by atoms with Gasteiger partial charge in [-0.15, -0.1) is 0 Å². The molecule has 2 nitrogen and oxygen atoms in total. The molecule has 2 atom stereocenters. The molecule has 2 N–H and O–H groups in total. The average molecular weight is 224 g/mol. The van der Waals surface area contributed by atoms with Crippen LogP contribution in [0.3, 0.4) is 0 Å². The first-order chi connectivity index (χ1) is 7.68. The van der Waals surface area contributed by atoms with Crippen LogP contribution in [0.5, 0.6) is 0 Å². The largest absolute Gasteiger partial charge is 0.315 e. The van der Waals surface area contributed by atoms with Crippen molar-refractivity contribution < 1.29 is 0 Å². The summed E-state index contributed by atoms with van der Waals surface area (Å²) in [5, 5.41) is 7.32. The van der Waals surface area contributed by atoms with Crippen LogP contribution in [0.1, 0.15) is 52.4 Å². The van der Waals surface area contributed by atoms with E-state index in [4.69, 9.17) is 0 Å². The highest BCUT2D eigenvalue weighted by atomic mass is 15.0. The molecule has 0 aromatic rings. The minimum atomic E-state index is 0.598. The van der Waals surface area contributed by atoms with Crippen LogP contribution in [0.2, 0.25) is 0 Å². The summed E-state index contributed by atoms with van der Waals surface area (Å²) < 4.78 is 0. The fraction of sp³-hybridized carbons (Fsp3) is 1.00. The second-order valence-corrected chi connectivity index (χ2v) is 6.43. The first kappa shape index (κ1) is 12.4. The molecule has 94 valence electrons. The molecule has 16 heavy (non-hydrogen) atoms. The van der Waals surface area contributed by atoms with Crippen molar-refractivity contribution in [3.63, 3.8) is 0 Å². The highest BCUT2D eigenvalue weighted by Crippen LogP contribution is 2.36. The summed E-state index contributed by atoms with van der Waals surface area (Å²) in [7, 11) is 0. The predicted molar refractivity (Wildman–Crippen MR) is 69.6 cm³/mol. The van der Waals surface area contributed by atoms with Crippen molar-refractivity contribution in [1.29, 1.82) is 0 Å². The summed E-state index contributed by atoms with van der Waals surface area (Å²) >= 11 is 0. The van der Waals surface area contributed by atoms with E-state index in [0.717, 1.165) is 5.92 Å². The van der Waals surface area contributed by atoms with E-state index in [9.17, 15) is 0 Å². The Hall–Kier alpha value is -0.0800. The summed E-state index contributed by atoms with van der Waals surface area (Å²) in [6.45, 7) is 8.43. The van der Waals surface area contributed by atoms with Crippen molar-refractivity contribution in [1.82, 2.24) is 10.6 Å². The molecule has 1 aliphatic heterocycles. The highest BCUT2D eigenvalue weighted by molar-refractivity contribution is 4.84. The zero-order chi connectivity index (χ0) is 11.4. The average Bonchev–Trinajstić information content (AvgIpc) is 2.65. The summed E-state index contributed by atoms with van der Waals surface area (Å²) in [5.74, 6) is 0.912. The number of hydrogen-bond donors (Lipinski definition) is 2. The van der Waals surface area contributed by atoms with Gasteiger partial charge in [-0.1, -0.05) is 26.7 Å². The van der Waals surface area contributed by atoms with Gasteiger partial charge in [-0.2, -0.15) is 0 Å². The van der Waals surface area contributed by atoms with Gasteiger partial charge >= 0.3 is 0 Å². The molecule has 0 aromatic carbocycles. The van der Waals surface area contributed by atoms with E-state index in [2.05, 4.69) is 24.5 Å². The number of nitrogens with one attached hydrogen (secondary N) is 2. The van der Waals surface area contributed by atoms with Crippen LogP contribution >= 0.6 is 0 Å². The Morgan fingerprint density at radius 3 is 2.75 bits per heavy atom. The Kier molecular flexibility index (Phi) is 4.26. The lowest BCUT2D eigenvalue weighted by Gasteiger charge is -2.30. The molecule has 0 spiro atoms. The van der Waals surface area contributed by atoms with E-state index in [1.807, 2.05) is 0 Å². The van der Waals surface area contributed by atoms with Gasteiger partial charge in [0.1, 0.15) is 0 Å². The molecule has 1 heterocycles. The Morgan fingerprint density at radius 2 is 2.06 bits per heavy atom. The van der Waals surface area contributed by atoms with Gasteiger partial charge in [-0.25, -0.2) is 0 Å². The van der Waals surface area contributed by atoms with Gasteiger partial charge in [0.2, 0.25) is 0 Å². The first-order valence-corrected chi connectivity index (χ1v) is 7.12. The summed E-state index contributed by atoms with van der Waals surface area (Å²) in [6.07, 6.45) is 8.44. The van der Waals surface area contributed by atoms with Gasteiger partial charge < -0.3 is 10.6 Å². The summed E-state index contributed by atoms with van der Waals surface area (Å²) in [6, 6.07) is 0.716. The molecular weight excluding hydrogens is 196 g/mol. The third kappa shape index (κ3) is 3.46. The fourth-order valence-electron chi connectivity index (χ4n) is 3.33. The van der Waals surface area contributed by atoms with Crippen LogP contribution in [-0.4, -0.2) is 25.7 Å². The van der Waals surface area contributed by atoms with E-state index >= 15 is 0 Å². The number of hydrogen-bond acceptors (Lipinski definition) is 2. The third-order valence-electron chi connectivity index (χ3n) is 4.51. The van der Waals surface area contributed by atoms with Crippen molar-refractivity contribution in [2.24, 2.45) is 11.3 Å². The van der Waals surface area contributed by atoms with Gasteiger partial charge in [-0.05, 0) is 43.6 Å². The second kappa shape index (κ2) is 5.50. The quantitative estimate of drug-likeness (QED) is 0.767. The van der Waals surface area contributed by atoms with E-state index in [0.29, 0.717) is 11.5 Å². The lowest BCUT2D eigenvalue weighted by atomic mass is 9.88. The maximum absolute atomic E-state index is 3.70. The molecule has 0 aromatic heterocycles. The van der Waals surface area contributed by atoms with Gasteiger partial charge in [0, 0.05) is 19.1 Å². The molecule has 0 radical (unpaired) electrons. The Labute approximate surface area is 101 Å². The minimum absolute atomic E-state index is 0.598. The molecule has 0 bridgehead atoms. The fourth-order valence-corrected chi connectivity index (χ4v) is 3.33. The normalized spacial score (nSPS) is 34.1. The zero-order valence-electron chi connectivity index (χ0n) is 11.0. The van der Waals surface area contributed by atoms with E-state index in [1.165, 1.54) is 58.2 Å². The van der Waals surface area contributed by atoms with E-state index in [-0.39, 0.29) is 0 Å². The topological polar surface area (TPSA) is 24.1 Å². The summed E-state index contributed by atoms with van der Waals surface area (Å²) in [4.78, 5) is 0. The van der Waals surface area contributed by atoms with Gasteiger partial charge in [0.05, 0.1) is 0 Å². The van der Waals surface area contributed by atoms with Crippen molar-refractivity contribution >= 4 is 0 Å². The maximum Gasteiger partial charge on any atom is 0.0195 e. The monoisotopic (exact) mass is 224 g/mol. The van der Waals surface area contributed by atoms with Gasteiger partial charge in [-0.3, -0.25) is 0 Å². The Bertz CT molecular complexity index is 209. The second-order valence-electron chi connectivity index (χ2n) is 6.43. The van der Waals surface area contributed by atoms with E-state index < -0.39 is 0 Å². The molecule has 1 aliphatic carbocycles. The van der Waals surface area contributed by atoms with Crippen LogP contribution in [-0.2, 0) is 0 Å². The summed E-state index contributed by atoms with van der Waals surface area (Å²) in [5.41, 5.74) is 0.598. The Balaban J connectivity index is 1.63. The van der Waals surface area contributed by atoms with Crippen LogP contribution < -0.4 is 10.6 Å². The minimum Gasteiger partial charge on any atom is -0.315 e. The van der Waals surface area contributed by atoms with Gasteiger partial charge in [0.15, 0.2) is 0 Å². The Morgan fingerprint density at radius 1 is 1.31 bits per heavy atom. The van der Waals surface area contributed by atoms with Crippen LogP contribution in [0.15, 0.2) is 0 Å². The third-order valence-corrected chi connectivity index (χ3v) is 4.51. The lowest BCUT2D eigenvalue weighted by Crippen LogP contribution is -2.45. The van der Waals surface area contributed by atoms with Gasteiger partial charge in [0.25, 0.3) is 0 Å². The molecule has 2 unspecified atom stereocenters. The van der Waals surface area contributed by atoms with Crippen molar-refractivity contribution in [3.8, 4) is 0 Å². The molecule has 2 aliphatic rings. The molecule has 1 saturated carbocycles. The van der Waals surface area contributed by atoms with Crippen LogP contribution in [0, 0.1) is 11.3 Å². The van der Waals surface area contributed by atoms with Crippen molar-refractivity contribution in [3.05, 3.63) is 0 Å². The van der Waals surface area contributed by atoms with Crippen LogP contribution in [0.4, 0.5) is 0 Å². The number of rotatable bonds is 4. The van der Waals surface area contributed by atoms with Crippen LogP contribution in [0.25, 0.3) is 0 Å². The van der Waals surface area contributed by atoms with E-state index in [1.54, 1.807) is 0 Å². The molecular formula is C14H28N2. The molecule has 2 rings (SSSR count). The zero-order valence-corrected chi connectivity index (χ0v) is 11.0. The SMILES string of the molecule is CC1CCNC(CNCC2(C)CCCC2)C1. The smallest absolute Gasteiger partial charge is 0.0195 e. The first-order valence-electron chi connectivity index (χ1n) is 7.12. The number of piperidine rings is 1. The maximum atomic E-state index is 3.70. The van der Waals surface area contributed by atoms with Crippen molar-refractivity contribution in [2.75, 3.05) is 19.6 Å². The predicted octanol–water partition coefficient (Wildman–Crippen LogP) is 2.54. The lowest BCUT2D eigenvalue weighted by molar-refractivity contribution is 0.277. The molecule has 1 saturated heterocycles.